The van der Waals surface area contributed by atoms with Crippen molar-refractivity contribution in [1.29, 1.82) is 0 Å². The zero-order valence-corrected chi connectivity index (χ0v) is 34.4. The Morgan fingerprint density at radius 3 is 2.20 bits per heavy atom. The van der Waals surface area contributed by atoms with Crippen molar-refractivity contribution in [3.63, 3.8) is 0 Å². The summed E-state index contributed by atoms with van der Waals surface area (Å²) in [5.41, 5.74) is 3.31. The van der Waals surface area contributed by atoms with Gasteiger partial charge in [0.1, 0.15) is 15.9 Å². The Morgan fingerprint density at radius 1 is 0.875 bits per heavy atom. The lowest BCUT2D eigenvalue weighted by Gasteiger charge is -2.33. The molecule has 3 N–H and O–H groups in total. The maximum atomic E-state index is 14.3. The molecule has 1 aliphatic rings. The second-order valence-electron chi connectivity index (χ2n) is 14.4. The fourth-order valence-corrected chi connectivity index (χ4v) is 9.43. The summed E-state index contributed by atoms with van der Waals surface area (Å²) in [6.45, 7) is 6.70. The number of hydrogen-bond donors (Lipinski definition) is 3. The zero-order chi connectivity index (χ0) is 40.0. The summed E-state index contributed by atoms with van der Waals surface area (Å²) in [5.74, 6) is -1.44. The first-order chi connectivity index (χ1) is 26.8. The van der Waals surface area contributed by atoms with Crippen molar-refractivity contribution in [3.05, 3.63) is 152 Å². The number of benzene rings is 4. The normalized spacial score (nSPS) is 14.6. The maximum absolute atomic E-state index is 14.3. The third kappa shape index (κ3) is 9.73. The van der Waals surface area contributed by atoms with Crippen LogP contribution in [0.3, 0.4) is 0 Å². The van der Waals surface area contributed by atoms with Crippen LogP contribution in [0.1, 0.15) is 74.7 Å². The van der Waals surface area contributed by atoms with Gasteiger partial charge in [0.25, 0.3) is 11.8 Å². The summed E-state index contributed by atoms with van der Waals surface area (Å²) < 4.78 is 5.20. The molecule has 0 saturated carbocycles. The van der Waals surface area contributed by atoms with Crippen LogP contribution in [0, 0.1) is 11.3 Å². The van der Waals surface area contributed by atoms with Gasteiger partial charge in [-0.2, -0.15) is 0 Å². The monoisotopic (exact) mass is 825 g/mol. The first-order valence-corrected chi connectivity index (χ1v) is 20.5. The molecule has 56 heavy (non-hydrogen) atoms. The third-order valence-electron chi connectivity index (χ3n) is 9.62. The molecule has 0 fully saturated rings. The van der Waals surface area contributed by atoms with Crippen molar-refractivity contribution in [2.45, 2.75) is 50.2 Å². The van der Waals surface area contributed by atoms with Gasteiger partial charge in [-0.1, -0.05) is 105 Å². The highest BCUT2D eigenvalue weighted by Gasteiger charge is 2.35. The lowest BCUT2D eigenvalue weighted by atomic mass is 9.72. The minimum absolute atomic E-state index is 0.0812. The fourth-order valence-electron chi connectivity index (χ4n) is 6.53. The Balaban J connectivity index is 1.27. The van der Waals surface area contributed by atoms with Gasteiger partial charge < -0.3 is 20.7 Å². The van der Waals surface area contributed by atoms with Crippen LogP contribution in [-0.2, 0) is 27.2 Å². The van der Waals surface area contributed by atoms with Gasteiger partial charge in [0.05, 0.1) is 12.7 Å². The lowest BCUT2D eigenvalue weighted by molar-refractivity contribution is -0.116. The maximum Gasteiger partial charge on any atom is 0.341 e. The first kappa shape index (κ1) is 40.8. The van der Waals surface area contributed by atoms with Crippen LogP contribution in [0.5, 0.6) is 0 Å². The van der Waals surface area contributed by atoms with E-state index in [0.29, 0.717) is 48.2 Å². The standard InChI is InChI=1S/C44H41Cl2N3O5S2/c1-44(2,3)28-21-22-31-36(23-28)56-42(37(31)43(53)54-4)49-41(52)38(26-13-7-5-8-14-26)55-30-18-11-17-29(24-30)47-40(51)35(25-32-33(45)19-12-20-34(32)46)48-39(50)27-15-9-6-10-16-27/h5-20,24-25,28,38H,21-23H2,1-4H3,(H,47,51)(H,48,50)(H,49,52)/b35-25+. The van der Waals surface area contributed by atoms with E-state index in [9.17, 15) is 19.2 Å². The number of thiophene rings is 1. The van der Waals surface area contributed by atoms with E-state index in [1.807, 2.05) is 36.4 Å². The number of hydrogen-bond acceptors (Lipinski definition) is 7. The Morgan fingerprint density at radius 2 is 1.54 bits per heavy atom. The number of halogens is 2. The van der Waals surface area contributed by atoms with Gasteiger partial charge >= 0.3 is 5.97 Å². The average molecular weight is 827 g/mol. The van der Waals surface area contributed by atoms with E-state index in [1.165, 1.54) is 36.3 Å². The number of esters is 1. The molecule has 0 aliphatic heterocycles. The van der Waals surface area contributed by atoms with Crippen LogP contribution < -0.4 is 16.0 Å². The number of carbonyl (C=O) groups is 4. The molecule has 2 atom stereocenters. The third-order valence-corrected chi connectivity index (χ3v) is 12.7. The Kier molecular flexibility index (Phi) is 13.1. The van der Waals surface area contributed by atoms with Crippen LogP contribution in [0.25, 0.3) is 6.08 Å². The van der Waals surface area contributed by atoms with Gasteiger partial charge in [-0.3, -0.25) is 14.4 Å². The van der Waals surface area contributed by atoms with E-state index in [4.69, 9.17) is 27.9 Å². The van der Waals surface area contributed by atoms with Crippen LogP contribution >= 0.6 is 46.3 Å². The molecule has 0 saturated heterocycles. The van der Waals surface area contributed by atoms with Gasteiger partial charge in [-0.25, -0.2) is 4.79 Å². The molecule has 0 bridgehead atoms. The molecule has 8 nitrogen and oxygen atoms in total. The highest BCUT2D eigenvalue weighted by atomic mass is 35.5. The van der Waals surface area contributed by atoms with E-state index in [2.05, 4.69) is 36.7 Å². The van der Waals surface area contributed by atoms with Gasteiger partial charge in [-0.05, 0) is 90.3 Å². The predicted molar refractivity (Wildman–Crippen MR) is 228 cm³/mol. The smallest absolute Gasteiger partial charge is 0.341 e. The molecule has 0 radical (unpaired) electrons. The summed E-state index contributed by atoms with van der Waals surface area (Å²) in [6, 6.07) is 29.9. The highest BCUT2D eigenvalue weighted by Crippen LogP contribution is 2.45. The van der Waals surface area contributed by atoms with Crippen molar-refractivity contribution < 1.29 is 23.9 Å². The summed E-state index contributed by atoms with van der Waals surface area (Å²) in [7, 11) is 1.36. The molecule has 1 heterocycles. The molecular formula is C44H41Cl2N3O5S2. The van der Waals surface area contributed by atoms with Crippen LogP contribution in [0.15, 0.2) is 114 Å². The Hall–Kier alpha value is -4.87. The predicted octanol–water partition coefficient (Wildman–Crippen LogP) is 10.9. The van der Waals surface area contributed by atoms with Gasteiger partial charge in [-0.15, -0.1) is 23.1 Å². The number of methoxy groups -OCH3 is 1. The number of ether oxygens (including phenoxy) is 1. The Labute approximate surface area is 345 Å². The van der Waals surface area contributed by atoms with Crippen molar-refractivity contribution in [3.8, 4) is 0 Å². The molecule has 2 unspecified atom stereocenters. The zero-order valence-electron chi connectivity index (χ0n) is 31.3. The molecule has 6 rings (SSSR count). The second-order valence-corrected chi connectivity index (χ2v) is 17.5. The van der Waals surface area contributed by atoms with Crippen molar-refractivity contribution in [2.24, 2.45) is 11.3 Å². The molecule has 12 heteroatoms. The lowest BCUT2D eigenvalue weighted by Crippen LogP contribution is -2.30. The largest absolute Gasteiger partial charge is 0.465 e. The van der Waals surface area contributed by atoms with Crippen molar-refractivity contribution in [1.82, 2.24) is 5.32 Å². The summed E-state index contributed by atoms with van der Waals surface area (Å²) >= 11 is 15.6. The Bertz CT molecular complexity index is 2270. The van der Waals surface area contributed by atoms with E-state index >= 15 is 0 Å². The second kappa shape index (κ2) is 17.9. The highest BCUT2D eigenvalue weighted by molar-refractivity contribution is 8.00. The molecule has 4 aromatic carbocycles. The summed E-state index contributed by atoms with van der Waals surface area (Å²) in [5, 5.41) is 9.05. The van der Waals surface area contributed by atoms with Gasteiger partial charge in [0, 0.05) is 36.6 Å². The van der Waals surface area contributed by atoms with E-state index in [-0.39, 0.29) is 17.0 Å². The van der Waals surface area contributed by atoms with E-state index in [1.54, 1.807) is 66.7 Å². The number of fused-ring (bicyclic) bond motifs is 1. The summed E-state index contributed by atoms with van der Waals surface area (Å²) in [4.78, 5) is 56.3. The number of nitrogens with one attached hydrogen (secondary N) is 3. The average Bonchev–Trinajstić information content (AvgIpc) is 3.55. The molecule has 1 aliphatic carbocycles. The molecular weight excluding hydrogens is 786 g/mol. The molecule has 3 amide bonds. The number of carbonyl (C=O) groups excluding carboxylic acids is 4. The topological polar surface area (TPSA) is 114 Å². The molecule has 0 spiro atoms. The van der Waals surface area contributed by atoms with Crippen LogP contribution in [0.2, 0.25) is 10.0 Å². The first-order valence-electron chi connectivity index (χ1n) is 18.0. The van der Waals surface area contributed by atoms with Gasteiger partial charge in [0.2, 0.25) is 5.91 Å². The number of amides is 3. The molecule has 1 aromatic heterocycles. The minimum atomic E-state index is -0.725. The minimum Gasteiger partial charge on any atom is -0.465 e. The number of rotatable bonds is 11. The number of thioether (sulfide) groups is 1. The number of anilines is 2. The quantitative estimate of drug-likeness (QED) is 0.0694. The van der Waals surface area contributed by atoms with Crippen LogP contribution in [0.4, 0.5) is 10.7 Å². The summed E-state index contributed by atoms with van der Waals surface area (Å²) in [6.07, 6.45) is 3.95. The van der Waals surface area contributed by atoms with Gasteiger partial charge in [0.15, 0.2) is 0 Å². The SMILES string of the molecule is COC(=O)c1c(NC(=O)C(Sc2cccc(NC(=O)/C(=C\c3c(Cl)cccc3Cl)NC(=O)c3ccccc3)c2)c2ccccc2)sc2c1CCC(C(C)(C)C)C2. The molecule has 5 aromatic rings. The van der Waals surface area contributed by atoms with Crippen LogP contribution in [-0.4, -0.2) is 30.8 Å². The van der Waals surface area contributed by atoms with Crippen molar-refractivity contribution in [2.75, 3.05) is 17.7 Å². The fraction of sp³-hybridized carbons (Fsp3) is 0.227. The van der Waals surface area contributed by atoms with E-state index < -0.39 is 23.0 Å². The molecule has 288 valence electrons. The van der Waals surface area contributed by atoms with Crippen molar-refractivity contribution >= 4 is 86.8 Å². The van der Waals surface area contributed by atoms with E-state index in [0.717, 1.165) is 35.3 Å².